The lowest BCUT2D eigenvalue weighted by Gasteiger charge is -2.33. The molecule has 2 bridgehead atoms. The number of carbonyl (C=O) groups excluding carboxylic acids is 3. The van der Waals surface area contributed by atoms with Gasteiger partial charge < -0.3 is 15.0 Å². The molecule has 1 N–H and O–H groups in total. The van der Waals surface area contributed by atoms with Gasteiger partial charge in [0, 0.05) is 32.1 Å². The molecule has 0 saturated carbocycles. The second-order valence-electron chi connectivity index (χ2n) is 7.39. The van der Waals surface area contributed by atoms with Crippen molar-refractivity contribution in [1.29, 1.82) is 0 Å². The number of piperidine rings is 1. The minimum atomic E-state index is -0.296. The van der Waals surface area contributed by atoms with Crippen molar-refractivity contribution in [3.8, 4) is 0 Å². The number of fused-ring (bicyclic) bond motifs is 5. The highest BCUT2D eigenvalue weighted by Gasteiger charge is 2.62. The van der Waals surface area contributed by atoms with Crippen molar-refractivity contribution in [3.05, 3.63) is 0 Å². The summed E-state index contributed by atoms with van der Waals surface area (Å²) in [5.41, 5.74) is 0. The topological polar surface area (TPSA) is 79.0 Å². The molecule has 0 aromatic rings. The standard InChI is InChI=1S/C17H25N3O4.ClH/c1-18-10-3-2-7-19(9-10)13(21)6-8-20-16(22)14-11-4-5-12(24-11)15(14)17(20)23;/h10-12,14-15,18H,2-9H2,1H3;1H. The molecule has 0 spiro atoms. The van der Waals surface area contributed by atoms with Gasteiger partial charge in [-0.25, -0.2) is 0 Å². The first-order valence-electron chi connectivity index (χ1n) is 9.06. The fourth-order valence-corrected chi connectivity index (χ4v) is 4.80. The smallest absolute Gasteiger partial charge is 0.235 e. The number of rotatable bonds is 4. The first kappa shape index (κ1) is 18.6. The van der Waals surface area contributed by atoms with E-state index in [0.29, 0.717) is 12.6 Å². The van der Waals surface area contributed by atoms with E-state index in [1.807, 2.05) is 11.9 Å². The van der Waals surface area contributed by atoms with Crippen LogP contribution in [0, 0.1) is 11.8 Å². The van der Waals surface area contributed by atoms with Gasteiger partial charge in [0.05, 0.1) is 24.0 Å². The summed E-state index contributed by atoms with van der Waals surface area (Å²) in [6, 6.07) is 0.338. The second kappa shape index (κ2) is 7.21. The van der Waals surface area contributed by atoms with Gasteiger partial charge in [0.1, 0.15) is 0 Å². The van der Waals surface area contributed by atoms with Gasteiger partial charge in [-0.1, -0.05) is 0 Å². The highest BCUT2D eigenvalue weighted by Crippen LogP contribution is 2.48. The maximum atomic E-state index is 12.6. The first-order valence-corrected chi connectivity index (χ1v) is 9.06. The van der Waals surface area contributed by atoms with E-state index in [1.165, 1.54) is 4.90 Å². The van der Waals surface area contributed by atoms with E-state index >= 15 is 0 Å². The predicted octanol–water partition coefficient (Wildman–Crippen LogP) is 0.171. The van der Waals surface area contributed by atoms with E-state index in [-0.39, 0.29) is 67.1 Å². The first-order chi connectivity index (χ1) is 11.6. The number of likely N-dealkylation sites (tertiary alicyclic amines) is 2. The Morgan fingerprint density at radius 3 is 2.40 bits per heavy atom. The highest BCUT2D eigenvalue weighted by atomic mass is 35.5. The monoisotopic (exact) mass is 371 g/mol. The molecule has 7 nitrogen and oxygen atoms in total. The van der Waals surface area contributed by atoms with E-state index in [2.05, 4.69) is 5.32 Å². The van der Waals surface area contributed by atoms with Crippen molar-refractivity contribution in [3.63, 3.8) is 0 Å². The average molecular weight is 372 g/mol. The summed E-state index contributed by atoms with van der Waals surface area (Å²) in [5.74, 6) is -0.814. The normalized spacial score (nSPS) is 36.6. The maximum absolute atomic E-state index is 12.6. The molecule has 3 amide bonds. The number of amides is 3. The van der Waals surface area contributed by atoms with E-state index in [1.54, 1.807) is 0 Å². The summed E-state index contributed by atoms with van der Waals surface area (Å²) in [7, 11) is 1.91. The zero-order valence-electron chi connectivity index (χ0n) is 14.5. The Hall–Kier alpha value is -1.18. The van der Waals surface area contributed by atoms with Crippen LogP contribution in [0.5, 0.6) is 0 Å². The molecule has 8 heteroatoms. The Labute approximate surface area is 153 Å². The van der Waals surface area contributed by atoms with Crippen molar-refractivity contribution in [2.45, 2.75) is 50.4 Å². The number of hydrogen-bond acceptors (Lipinski definition) is 5. The minimum absolute atomic E-state index is 0. The Bertz CT molecular complexity index is 544. The van der Waals surface area contributed by atoms with Crippen molar-refractivity contribution in [2.24, 2.45) is 11.8 Å². The van der Waals surface area contributed by atoms with Gasteiger partial charge in [-0.2, -0.15) is 0 Å². The van der Waals surface area contributed by atoms with Gasteiger partial charge in [-0.15, -0.1) is 12.4 Å². The third-order valence-electron chi connectivity index (χ3n) is 6.11. The van der Waals surface area contributed by atoms with Crippen LogP contribution in [0.15, 0.2) is 0 Å². The number of nitrogens with one attached hydrogen (secondary N) is 1. The van der Waals surface area contributed by atoms with Gasteiger partial charge in [-0.3, -0.25) is 19.3 Å². The summed E-state index contributed by atoms with van der Waals surface area (Å²) in [6.07, 6.45) is 3.86. The molecular weight excluding hydrogens is 346 g/mol. The SMILES string of the molecule is CNC1CCCN(C(=O)CCN2C(=O)C3C4CCC(O4)C3C2=O)C1.Cl. The molecule has 4 heterocycles. The van der Waals surface area contributed by atoms with Crippen LogP contribution >= 0.6 is 12.4 Å². The van der Waals surface area contributed by atoms with Crippen LogP contribution < -0.4 is 5.32 Å². The molecule has 4 aliphatic rings. The third-order valence-corrected chi connectivity index (χ3v) is 6.11. The second-order valence-corrected chi connectivity index (χ2v) is 7.39. The number of hydrogen-bond donors (Lipinski definition) is 1. The zero-order chi connectivity index (χ0) is 16.8. The molecule has 25 heavy (non-hydrogen) atoms. The third kappa shape index (κ3) is 3.06. The largest absolute Gasteiger partial charge is 0.373 e. The zero-order valence-corrected chi connectivity index (χ0v) is 15.3. The molecule has 0 aromatic carbocycles. The molecular formula is C17H26ClN3O4. The summed E-state index contributed by atoms with van der Waals surface area (Å²) < 4.78 is 5.72. The molecule has 0 aromatic heterocycles. The van der Waals surface area contributed by atoms with Crippen LogP contribution in [-0.4, -0.2) is 72.5 Å². The van der Waals surface area contributed by atoms with Crippen LogP contribution in [0.2, 0.25) is 0 Å². The number of carbonyl (C=O) groups is 3. The van der Waals surface area contributed by atoms with Crippen LogP contribution in [0.4, 0.5) is 0 Å². The quantitative estimate of drug-likeness (QED) is 0.713. The lowest BCUT2D eigenvalue weighted by Crippen LogP contribution is -2.47. The van der Waals surface area contributed by atoms with Crippen LogP contribution in [-0.2, 0) is 19.1 Å². The fraction of sp³-hybridized carbons (Fsp3) is 0.824. The van der Waals surface area contributed by atoms with Gasteiger partial charge >= 0.3 is 0 Å². The molecule has 0 aliphatic carbocycles. The van der Waals surface area contributed by atoms with Crippen LogP contribution in [0.25, 0.3) is 0 Å². The number of likely N-dealkylation sites (N-methyl/N-ethyl adjacent to an activating group) is 1. The maximum Gasteiger partial charge on any atom is 0.235 e. The van der Waals surface area contributed by atoms with Crippen molar-refractivity contribution < 1.29 is 19.1 Å². The van der Waals surface area contributed by atoms with Gasteiger partial charge in [0.25, 0.3) is 0 Å². The van der Waals surface area contributed by atoms with E-state index in [9.17, 15) is 14.4 Å². The predicted molar refractivity (Wildman–Crippen MR) is 92.1 cm³/mol. The molecule has 4 saturated heterocycles. The molecule has 5 unspecified atom stereocenters. The van der Waals surface area contributed by atoms with Crippen molar-refractivity contribution in [2.75, 3.05) is 26.7 Å². The average Bonchev–Trinajstić information content (AvgIpc) is 3.28. The molecule has 4 rings (SSSR count). The highest BCUT2D eigenvalue weighted by molar-refractivity contribution is 6.06. The molecule has 4 aliphatic heterocycles. The Balaban J connectivity index is 0.00000182. The van der Waals surface area contributed by atoms with E-state index < -0.39 is 0 Å². The Morgan fingerprint density at radius 1 is 1.16 bits per heavy atom. The Kier molecular flexibility index (Phi) is 5.37. The summed E-state index contributed by atoms with van der Waals surface area (Å²) in [5, 5.41) is 3.22. The Morgan fingerprint density at radius 2 is 1.80 bits per heavy atom. The van der Waals surface area contributed by atoms with Crippen LogP contribution in [0.1, 0.15) is 32.1 Å². The molecule has 5 atom stereocenters. The fourth-order valence-electron chi connectivity index (χ4n) is 4.80. The molecule has 140 valence electrons. The summed E-state index contributed by atoms with van der Waals surface area (Å²) in [4.78, 5) is 40.7. The van der Waals surface area contributed by atoms with Crippen LogP contribution in [0.3, 0.4) is 0 Å². The van der Waals surface area contributed by atoms with Gasteiger partial charge in [-0.05, 0) is 32.7 Å². The van der Waals surface area contributed by atoms with Crippen molar-refractivity contribution >= 4 is 30.1 Å². The number of nitrogens with zero attached hydrogens (tertiary/aromatic N) is 2. The van der Waals surface area contributed by atoms with E-state index in [4.69, 9.17) is 4.74 Å². The number of ether oxygens (including phenoxy) is 1. The summed E-state index contributed by atoms with van der Waals surface area (Å²) in [6.45, 7) is 1.69. The van der Waals surface area contributed by atoms with E-state index in [0.717, 1.165) is 32.2 Å². The van der Waals surface area contributed by atoms with Gasteiger partial charge in [0.15, 0.2) is 0 Å². The molecule has 4 fully saturated rings. The minimum Gasteiger partial charge on any atom is -0.373 e. The van der Waals surface area contributed by atoms with Crippen molar-refractivity contribution in [1.82, 2.24) is 15.1 Å². The lowest BCUT2D eigenvalue weighted by atomic mass is 9.81. The van der Waals surface area contributed by atoms with Gasteiger partial charge in [0.2, 0.25) is 17.7 Å². The molecule has 0 radical (unpaired) electrons. The number of halogens is 1. The number of imide groups is 1. The lowest BCUT2D eigenvalue weighted by molar-refractivity contribution is -0.143. The summed E-state index contributed by atoms with van der Waals surface area (Å²) >= 11 is 0.